The van der Waals surface area contributed by atoms with E-state index in [2.05, 4.69) is 15.3 Å². The van der Waals surface area contributed by atoms with E-state index < -0.39 is 0 Å². The van der Waals surface area contributed by atoms with E-state index in [4.69, 9.17) is 0 Å². The Morgan fingerprint density at radius 2 is 2.40 bits per heavy atom. The van der Waals surface area contributed by atoms with Crippen molar-refractivity contribution in [2.75, 3.05) is 0 Å². The molecular weight excluding hydrogens is 130 g/mol. The van der Waals surface area contributed by atoms with Crippen LogP contribution in [-0.2, 0) is 0 Å². The fraction of sp³-hybridized carbons (Fsp3) is 0. The van der Waals surface area contributed by atoms with Crippen LogP contribution in [0.5, 0.6) is 0 Å². The highest BCUT2D eigenvalue weighted by Crippen LogP contribution is 2.21. The number of hydrogen-bond acceptors (Lipinski definition) is 2. The average Bonchev–Trinajstić information content (AvgIpc) is 2.36. The molecule has 0 saturated carbocycles. The molecule has 0 unspecified atom stereocenters. The van der Waals surface area contributed by atoms with Gasteiger partial charge in [-0.05, 0) is 6.07 Å². The molecule has 1 N–H and O–H groups in total. The normalized spacial score (nSPS) is 12.8. The number of fused-ring (bicyclic) bond motifs is 1. The van der Waals surface area contributed by atoms with Gasteiger partial charge in [0.15, 0.2) is 5.69 Å². The fourth-order valence-corrected chi connectivity index (χ4v) is 0.838. The van der Waals surface area contributed by atoms with Gasteiger partial charge in [0.05, 0.1) is 5.69 Å². The molecule has 0 saturated heterocycles. The van der Waals surface area contributed by atoms with Gasteiger partial charge in [0.2, 0.25) is 0 Å². The Kier molecular flexibility index (Phi) is 0.887. The monoisotopic (exact) mass is 134 g/mol. The molecule has 1 aliphatic heterocycles. The van der Waals surface area contributed by atoms with Crippen LogP contribution in [0, 0.1) is 0 Å². The van der Waals surface area contributed by atoms with Crippen LogP contribution in [0.1, 0.15) is 0 Å². The molecular formula is C6H4N3O. The summed E-state index contributed by atoms with van der Waals surface area (Å²) in [4.78, 5) is 17.2. The van der Waals surface area contributed by atoms with Crippen molar-refractivity contribution in [1.29, 1.82) is 0 Å². The zero-order valence-electron chi connectivity index (χ0n) is 5.03. The van der Waals surface area contributed by atoms with E-state index in [1.165, 1.54) is 6.34 Å². The molecule has 4 heteroatoms. The molecule has 0 spiro atoms. The molecule has 1 aromatic heterocycles. The van der Waals surface area contributed by atoms with Crippen LogP contribution >= 0.6 is 0 Å². The molecule has 1 aromatic rings. The maximum atomic E-state index is 10.9. The SMILES string of the molecule is O=c1[nH]ccc2c1[N]C=N2. The van der Waals surface area contributed by atoms with Crippen molar-refractivity contribution >= 4 is 17.7 Å². The summed E-state index contributed by atoms with van der Waals surface area (Å²) in [6.45, 7) is 0. The first-order chi connectivity index (χ1) is 4.88. The molecule has 0 aliphatic carbocycles. The molecule has 0 fully saturated rings. The first-order valence-corrected chi connectivity index (χ1v) is 2.83. The highest BCUT2D eigenvalue weighted by molar-refractivity contribution is 5.80. The summed E-state index contributed by atoms with van der Waals surface area (Å²) in [5, 5.41) is 3.76. The van der Waals surface area contributed by atoms with Crippen LogP contribution in [-0.4, -0.2) is 11.3 Å². The van der Waals surface area contributed by atoms with E-state index in [0.29, 0.717) is 11.4 Å². The van der Waals surface area contributed by atoms with Crippen LogP contribution in [0.3, 0.4) is 0 Å². The van der Waals surface area contributed by atoms with Crippen molar-refractivity contribution in [3.8, 4) is 0 Å². The largest absolute Gasteiger partial charge is 0.327 e. The number of pyridine rings is 1. The molecule has 49 valence electrons. The summed E-state index contributed by atoms with van der Waals surface area (Å²) >= 11 is 0. The van der Waals surface area contributed by atoms with E-state index in [1.54, 1.807) is 12.3 Å². The van der Waals surface area contributed by atoms with Gasteiger partial charge in [0, 0.05) is 6.20 Å². The van der Waals surface area contributed by atoms with Gasteiger partial charge in [-0.2, -0.15) is 0 Å². The van der Waals surface area contributed by atoms with Gasteiger partial charge in [0.25, 0.3) is 5.56 Å². The van der Waals surface area contributed by atoms with Gasteiger partial charge < -0.3 is 4.98 Å². The Bertz CT molecular complexity index is 339. The molecule has 1 radical (unpaired) electrons. The van der Waals surface area contributed by atoms with Crippen molar-refractivity contribution in [2.24, 2.45) is 4.99 Å². The Balaban J connectivity index is 2.77. The maximum Gasteiger partial charge on any atom is 0.276 e. The van der Waals surface area contributed by atoms with Crippen molar-refractivity contribution in [3.63, 3.8) is 0 Å². The van der Waals surface area contributed by atoms with Crippen molar-refractivity contribution in [2.45, 2.75) is 0 Å². The Hall–Kier alpha value is -1.58. The second-order valence-corrected chi connectivity index (χ2v) is 1.91. The minimum absolute atomic E-state index is 0.185. The number of hydrogen-bond donors (Lipinski definition) is 1. The Morgan fingerprint density at radius 3 is 3.20 bits per heavy atom. The quantitative estimate of drug-likeness (QED) is 0.544. The summed E-state index contributed by atoms with van der Waals surface area (Å²) in [6, 6.07) is 1.71. The highest BCUT2D eigenvalue weighted by atomic mass is 16.1. The number of aliphatic imine (C=N–C) groups is 1. The number of H-pyrrole nitrogens is 1. The van der Waals surface area contributed by atoms with E-state index in [-0.39, 0.29) is 5.56 Å². The van der Waals surface area contributed by atoms with Gasteiger partial charge in [0.1, 0.15) is 6.34 Å². The van der Waals surface area contributed by atoms with E-state index in [9.17, 15) is 4.79 Å². The average molecular weight is 134 g/mol. The first kappa shape index (κ1) is 5.22. The van der Waals surface area contributed by atoms with E-state index in [0.717, 1.165) is 0 Å². The van der Waals surface area contributed by atoms with Crippen molar-refractivity contribution < 1.29 is 0 Å². The van der Waals surface area contributed by atoms with Crippen LogP contribution < -0.4 is 10.9 Å². The molecule has 1 aliphatic rings. The number of aromatic amines is 1. The Morgan fingerprint density at radius 1 is 1.50 bits per heavy atom. The third kappa shape index (κ3) is 0.556. The lowest BCUT2D eigenvalue weighted by Crippen LogP contribution is -2.08. The van der Waals surface area contributed by atoms with Gasteiger partial charge in [-0.15, -0.1) is 0 Å². The Labute approximate surface area is 56.6 Å². The smallest absolute Gasteiger partial charge is 0.276 e. The third-order valence-corrected chi connectivity index (χ3v) is 1.30. The summed E-state index contributed by atoms with van der Waals surface area (Å²) in [5.41, 5.74) is 0.862. The molecule has 10 heavy (non-hydrogen) atoms. The van der Waals surface area contributed by atoms with Crippen LogP contribution in [0.2, 0.25) is 0 Å². The molecule has 0 bridgehead atoms. The first-order valence-electron chi connectivity index (χ1n) is 2.83. The summed E-state index contributed by atoms with van der Waals surface area (Å²) in [7, 11) is 0. The van der Waals surface area contributed by atoms with Gasteiger partial charge in [-0.1, -0.05) is 0 Å². The van der Waals surface area contributed by atoms with Crippen LogP contribution in [0.15, 0.2) is 22.1 Å². The number of nitrogens with zero attached hydrogens (tertiary/aromatic N) is 2. The third-order valence-electron chi connectivity index (χ3n) is 1.30. The topological polar surface area (TPSA) is 59.3 Å². The van der Waals surface area contributed by atoms with Gasteiger partial charge in [-0.25, -0.2) is 10.3 Å². The lowest BCUT2D eigenvalue weighted by Gasteiger charge is -1.89. The summed E-state index contributed by atoms with van der Waals surface area (Å²) in [5.74, 6) is 0. The summed E-state index contributed by atoms with van der Waals surface area (Å²) in [6.07, 6.45) is 2.93. The highest BCUT2D eigenvalue weighted by Gasteiger charge is 2.09. The number of rotatable bonds is 0. The standard InChI is InChI=1S/C6H4N3O/c10-6-5-4(1-2-7-6)8-3-9-5/h1-3H,(H,7,10). The molecule has 2 heterocycles. The minimum Gasteiger partial charge on any atom is -0.327 e. The van der Waals surface area contributed by atoms with E-state index >= 15 is 0 Å². The zero-order valence-corrected chi connectivity index (χ0v) is 5.03. The van der Waals surface area contributed by atoms with Crippen molar-refractivity contribution in [1.82, 2.24) is 10.3 Å². The van der Waals surface area contributed by atoms with Crippen LogP contribution in [0.25, 0.3) is 0 Å². The molecule has 2 rings (SSSR count). The lowest BCUT2D eigenvalue weighted by atomic mass is 10.4. The predicted molar refractivity (Wildman–Crippen MR) is 37.0 cm³/mol. The second kappa shape index (κ2) is 1.70. The van der Waals surface area contributed by atoms with Gasteiger partial charge >= 0.3 is 0 Å². The predicted octanol–water partition coefficient (Wildman–Crippen LogP) is 0.284. The lowest BCUT2D eigenvalue weighted by molar-refractivity contribution is 1.19. The zero-order chi connectivity index (χ0) is 6.97. The van der Waals surface area contributed by atoms with E-state index in [1.807, 2.05) is 0 Å². The fourth-order valence-electron chi connectivity index (χ4n) is 0.838. The molecule has 0 aromatic carbocycles. The summed E-state index contributed by atoms with van der Waals surface area (Å²) < 4.78 is 0. The van der Waals surface area contributed by atoms with Crippen LogP contribution in [0.4, 0.5) is 11.4 Å². The minimum atomic E-state index is -0.185. The van der Waals surface area contributed by atoms with Crippen molar-refractivity contribution in [3.05, 3.63) is 22.6 Å². The van der Waals surface area contributed by atoms with Gasteiger partial charge in [-0.3, -0.25) is 4.79 Å². The molecule has 4 nitrogen and oxygen atoms in total. The number of nitrogens with one attached hydrogen (secondary N) is 1. The maximum absolute atomic E-state index is 10.9. The molecule has 0 atom stereocenters. The molecule has 0 amide bonds. The second-order valence-electron chi connectivity index (χ2n) is 1.91. The number of aromatic nitrogens is 1.